The van der Waals surface area contributed by atoms with Gasteiger partial charge in [-0.15, -0.1) is 0 Å². The third-order valence-corrected chi connectivity index (χ3v) is 5.67. The van der Waals surface area contributed by atoms with Crippen LogP contribution in [-0.2, 0) is 9.59 Å². The molecule has 7 nitrogen and oxygen atoms in total. The first-order valence-electron chi connectivity index (χ1n) is 10.6. The number of para-hydroxylation sites is 1. The Bertz CT molecular complexity index is 965. The number of anilines is 1. The molecule has 1 heterocycles. The number of nitrogens with zero attached hydrogens (tertiary/aromatic N) is 2. The first-order valence-corrected chi connectivity index (χ1v) is 11.0. The fraction of sp³-hybridized carbons (Fsp3) is 0.375. The normalized spacial score (nSPS) is 15.7. The Labute approximate surface area is 193 Å². The minimum atomic E-state index is -0.313. The number of ether oxygens (including phenoxy) is 1. The molecule has 0 radical (unpaired) electrons. The van der Waals surface area contributed by atoms with Gasteiger partial charge in [-0.2, -0.15) is 0 Å². The quantitative estimate of drug-likeness (QED) is 0.687. The standard InChI is InChI=1S/C24H28ClN3O4/c1-27(2)24(31)20-15-18(10-11-21(20)25)26-23(30)17-7-6-13-28(16-17)22(29)12-14-32-19-8-4-3-5-9-19/h3-5,8-11,15,17H,6-7,12-14,16H2,1-2H3,(H,26,30). The summed E-state index contributed by atoms with van der Waals surface area (Å²) < 4.78 is 5.61. The zero-order valence-electron chi connectivity index (χ0n) is 18.3. The number of amides is 3. The van der Waals surface area contributed by atoms with E-state index in [0.717, 1.165) is 12.2 Å². The minimum absolute atomic E-state index is 0.0243. The highest BCUT2D eigenvalue weighted by molar-refractivity contribution is 6.34. The number of likely N-dealkylation sites (tertiary alicyclic amines) is 1. The van der Waals surface area contributed by atoms with Gasteiger partial charge in [0, 0.05) is 32.9 Å². The van der Waals surface area contributed by atoms with Gasteiger partial charge >= 0.3 is 0 Å². The number of hydrogen-bond acceptors (Lipinski definition) is 4. The van der Waals surface area contributed by atoms with Crippen molar-refractivity contribution in [1.29, 1.82) is 0 Å². The van der Waals surface area contributed by atoms with Gasteiger partial charge in [0.15, 0.2) is 0 Å². The minimum Gasteiger partial charge on any atom is -0.493 e. The molecule has 170 valence electrons. The first kappa shape index (κ1) is 23.6. The molecule has 0 aliphatic carbocycles. The van der Waals surface area contributed by atoms with Crippen molar-refractivity contribution in [3.05, 3.63) is 59.1 Å². The number of hydrogen-bond donors (Lipinski definition) is 1. The second-order valence-electron chi connectivity index (χ2n) is 7.97. The number of halogens is 1. The third-order valence-electron chi connectivity index (χ3n) is 5.34. The smallest absolute Gasteiger partial charge is 0.254 e. The predicted molar refractivity (Wildman–Crippen MR) is 124 cm³/mol. The fourth-order valence-electron chi connectivity index (χ4n) is 3.60. The maximum absolute atomic E-state index is 12.8. The molecule has 1 unspecified atom stereocenters. The molecule has 1 aliphatic heterocycles. The van der Waals surface area contributed by atoms with Crippen molar-refractivity contribution < 1.29 is 19.1 Å². The molecule has 3 amide bonds. The van der Waals surface area contributed by atoms with Gasteiger partial charge in [0.05, 0.1) is 29.5 Å². The van der Waals surface area contributed by atoms with Gasteiger partial charge in [-0.1, -0.05) is 29.8 Å². The van der Waals surface area contributed by atoms with Crippen LogP contribution in [0.3, 0.4) is 0 Å². The van der Waals surface area contributed by atoms with E-state index in [1.165, 1.54) is 4.90 Å². The summed E-state index contributed by atoms with van der Waals surface area (Å²) >= 11 is 6.14. The van der Waals surface area contributed by atoms with E-state index in [2.05, 4.69) is 5.32 Å². The Kier molecular flexibility index (Phi) is 8.11. The van der Waals surface area contributed by atoms with Gasteiger partial charge in [-0.05, 0) is 43.2 Å². The largest absolute Gasteiger partial charge is 0.493 e. The molecule has 1 N–H and O–H groups in total. The monoisotopic (exact) mass is 457 g/mol. The second-order valence-corrected chi connectivity index (χ2v) is 8.38. The van der Waals surface area contributed by atoms with E-state index in [4.69, 9.17) is 16.3 Å². The Hall–Kier alpha value is -3.06. The van der Waals surface area contributed by atoms with Gasteiger partial charge in [-0.25, -0.2) is 0 Å². The van der Waals surface area contributed by atoms with Gasteiger partial charge in [0.2, 0.25) is 11.8 Å². The van der Waals surface area contributed by atoms with Crippen LogP contribution in [0.5, 0.6) is 5.75 Å². The topological polar surface area (TPSA) is 79.0 Å². The summed E-state index contributed by atoms with van der Waals surface area (Å²) in [6.45, 7) is 1.30. The average molecular weight is 458 g/mol. The summed E-state index contributed by atoms with van der Waals surface area (Å²) in [6.07, 6.45) is 1.72. The summed E-state index contributed by atoms with van der Waals surface area (Å²) in [7, 11) is 3.28. The molecule has 1 aliphatic rings. The van der Waals surface area contributed by atoms with Gasteiger partial charge in [0.1, 0.15) is 5.75 Å². The zero-order valence-corrected chi connectivity index (χ0v) is 19.1. The lowest BCUT2D eigenvalue weighted by molar-refractivity contribution is -0.135. The van der Waals surface area contributed by atoms with Crippen molar-refractivity contribution in [2.24, 2.45) is 5.92 Å². The van der Waals surface area contributed by atoms with Crippen LogP contribution in [0.4, 0.5) is 5.69 Å². The first-order chi connectivity index (χ1) is 15.3. The fourth-order valence-corrected chi connectivity index (χ4v) is 3.80. The number of piperidine rings is 1. The van der Waals surface area contributed by atoms with Crippen LogP contribution in [-0.4, -0.2) is 61.3 Å². The van der Waals surface area contributed by atoms with Crippen LogP contribution < -0.4 is 10.1 Å². The maximum Gasteiger partial charge on any atom is 0.254 e. The predicted octanol–water partition coefficient (Wildman–Crippen LogP) is 3.69. The Morgan fingerprint density at radius 3 is 2.62 bits per heavy atom. The van der Waals surface area contributed by atoms with Crippen molar-refractivity contribution in [2.75, 3.05) is 39.1 Å². The highest BCUT2D eigenvalue weighted by Gasteiger charge is 2.28. The molecule has 0 saturated carbocycles. The zero-order chi connectivity index (χ0) is 23.1. The summed E-state index contributed by atoms with van der Waals surface area (Å²) in [5, 5.41) is 3.19. The van der Waals surface area contributed by atoms with Crippen LogP contribution in [0.15, 0.2) is 48.5 Å². The van der Waals surface area contributed by atoms with E-state index >= 15 is 0 Å². The van der Waals surface area contributed by atoms with Crippen LogP contribution in [0.25, 0.3) is 0 Å². The average Bonchev–Trinajstić information content (AvgIpc) is 2.80. The molecule has 32 heavy (non-hydrogen) atoms. The van der Waals surface area contributed by atoms with E-state index in [0.29, 0.717) is 42.4 Å². The number of rotatable bonds is 7. The van der Waals surface area contributed by atoms with E-state index in [1.807, 2.05) is 30.3 Å². The van der Waals surface area contributed by atoms with E-state index < -0.39 is 0 Å². The molecular formula is C24H28ClN3O4. The van der Waals surface area contributed by atoms with E-state index in [1.54, 1.807) is 37.2 Å². The molecule has 8 heteroatoms. The molecule has 2 aromatic rings. The van der Waals surface area contributed by atoms with Crippen LogP contribution in [0.2, 0.25) is 5.02 Å². The highest BCUT2D eigenvalue weighted by Crippen LogP contribution is 2.24. The van der Waals surface area contributed by atoms with Crippen LogP contribution in [0, 0.1) is 5.92 Å². The maximum atomic E-state index is 12.8. The third kappa shape index (κ3) is 6.23. The molecule has 2 aromatic carbocycles. The summed E-state index contributed by atoms with van der Waals surface area (Å²) in [5.41, 5.74) is 0.831. The number of carbonyl (C=O) groups excluding carboxylic acids is 3. The molecule has 1 fully saturated rings. The van der Waals surface area contributed by atoms with Crippen LogP contribution >= 0.6 is 11.6 Å². The molecule has 1 saturated heterocycles. The van der Waals surface area contributed by atoms with Crippen molar-refractivity contribution >= 4 is 35.0 Å². The molecule has 1 atom stereocenters. The van der Waals surface area contributed by atoms with Gasteiger partial charge in [0.25, 0.3) is 5.91 Å². The summed E-state index contributed by atoms with van der Waals surface area (Å²) in [6, 6.07) is 14.2. The number of carbonyl (C=O) groups is 3. The van der Waals surface area contributed by atoms with Crippen molar-refractivity contribution in [1.82, 2.24) is 9.80 Å². The molecule has 3 rings (SSSR count). The van der Waals surface area contributed by atoms with E-state index in [-0.39, 0.29) is 30.1 Å². The SMILES string of the molecule is CN(C)C(=O)c1cc(NC(=O)C2CCCN(C(=O)CCOc3ccccc3)C2)ccc1Cl. The molecule has 0 spiro atoms. The van der Waals surface area contributed by atoms with Crippen molar-refractivity contribution in [2.45, 2.75) is 19.3 Å². The number of benzene rings is 2. The van der Waals surface area contributed by atoms with Crippen molar-refractivity contribution in [3.63, 3.8) is 0 Å². The molecule has 0 aromatic heterocycles. The van der Waals surface area contributed by atoms with Crippen molar-refractivity contribution in [3.8, 4) is 5.75 Å². The highest BCUT2D eigenvalue weighted by atomic mass is 35.5. The van der Waals surface area contributed by atoms with Crippen LogP contribution in [0.1, 0.15) is 29.6 Å². The van der Waals surface area contributed by atoms with Gasteiger partial charge < -0.3 is 19.9 Å². The van der Waals surface area contributed by atoms with Gasteiger partial charge in [-0.3, -0.25) is 14.4 Å². The number of nitrogens with one attached hydrogen (secondary N) is 1. The second kappa shape index (κ2) is 11.0. The Morgan fingerprint density at radius 1 is 1.16 bits per heavy atom. The Balaban J connectivity index is 1.54. The summed E-state index contributed by atoms with van der Waals surface area (Å²) in [5.74, 6) is -0.0200. The molecule has 0 bridgehead atoms. The van der Waals surface area contributed by atoms with E-state index in [9.17, 15) is 14.4 Å². The molecular weight excluding hydrogens is 430 g/mol. The Morgan fingerprint density at radius 2 is 1.91 bits per heavy atom. The lowest BCUT2D eigenvalue weighted by Crippen LogP contribution is -2.44. The lowest BCUT2D eigenvalue weighted by atomic mass is 9.96. The summed E-state index contributed by atoms with van der Waals surface area (Å²) in [4.78, 5) is 40.9. The lowest BCUT2D eigenvalue weighted by Gasteiger charge is -2.32.